The van der Waals surface area contributed by atoms with E-state index in [1.165, 1.54) is 17.0 Å². The van der Waals surface area contributed by atoms with Gasteiger partial charge in [0.05, 0.1) is 18.5 Å². The van der Waals surface area contributed by atoms with Gasteiger partial charge in [-0.05, 0) is 31.0 Å². The van der Waals surface area contributed by atoms with Gasteiger partial charge in [0.2, 0.25) is 0 Å². The van der Waals surface area contributed by atoms with Gasteiger partial charge in [0.1, 0.15) is 11.2 Å². The van der Waals surface area contributed by atoms with Crippen molar-refractivity contribution in [2.45, 2.75) is 13.0 Å². The molecule has 6 heteroatoms. The molecule has 0 bridgehead atoms. The molecule has 2 aromatic rings. The van der Waals surface area contributed by atoms with Crippen LogP contribution in [0.1, 0.15) is 6.42 Å². The molecule has 0 N–H and O–H groups in total. The Bertz CT molecular complexity index is 716. The summed E-state index contributed by atoms with van der Waals surface area (Å²) in [4.78, 5) is 19.0. The second kappa shape index (κ2) is 6.54. The Morgan fingerprint density at radius 2 is 2.32 bits per heavy atom. The molecule has 1 aromatic carbocycles. The van der Waals surface area contributed by atoms with Gasteiger partial charge in [-0.3, -0.25) is 9.36 Å². The number of hydrogen-bond acceptors (Lipinski definition) is 4. The van der Waals surface area contributed by atoms with E-state index >= 15 is 0 Å². The first kappa shape index (κ1) is 15.1. The quantitative estimate of drug-likeness (QED) is 0.840. The van der Waals surface area contributed by atoms with E-state index in [9.17, 15) is 9.18 Å². The lowest BCUT2D eigenvalue weighted by Gasteiger charge is -2.16. The fraction of sp³-hybridized carbons (Fsp3) is 0.500. The lowest BCUT2D eigenvalue weighted by molar-refractivity contribution is 0.158. The highest BCUT2D eigenvalue weighted by Crippen LogP contribution is 2.18. The van der Waals surface area contributed by atoms with Crippen molar-refractivity contribution in [1.82, 2.24) is 14.5 Å². The van der Waals surface area contributed by atoms with Crippen LogP contribution in [-0.2, 0) is 11.3 Å². The minimum Gasteiger partial charge on any atom is -0.383 e. The first-order chi connectivity index (χ1) is 10.7. The minimum atomic E-state index is -0.502. The molecular weight excluding hydrogens is 285 g/mol. The third-order valence-electron chi connectivity index (χ3n) is 4.24. The molecule has 1 fully saturated rings. The van der Waals surface area contributed by atoms with Gasteiger partial charge >= 0.3 is 0 Å². The third kappa shape index (κ3) is 3.03. The van der Waals surface area contributed by atoms with Crippen LogP contribution in [-0.4, -0.2) is 47.8 Å². The second-order valence-electron chi connectivity index (χ2n) is 5.78. The van der Waals surface area contributed by atoms with Crippen molar-refractivity contribution < 1.29 is 9.13 Å². The van der Waals surface area contributed by atoms with Crippen LogP contribution in [0.4, 0.5) is 4.39 Å². The maximum atomic E-state index is 13.9. The summed E-state index contributed by atoms with van der Waals surface area (Å²) in [5.41, 5.74) is 0.118. The molecule has 0 spiro atoms. The molecule has 0 amide bonds. The van der Waals surface area contributed by atoms with Crippen molar-refractivity contribution in [3.05, 3.63) is 40.7 Å². The third-order valence-corrected chi connectivity index (χ3v) is 4.24. The van der Waals surface area contributed by atoms with E-state index in [1.54, 1.807) is 19.2 Å². The van der Waals surface area contributed by atoms with Crippen LogP contribution in [0.15, 0.2) is 29.3 Å². The van der Waals surface area contributed by atoms with Gasteiger partial charge in [-0.25, -0.2) is 9.37 Å². The van der Waals surface area contributed by atoms with Crippen LogP contribution in [0.2, 0.25) is 0 Å². The molecule has 0 saturated carbocycles. The predicted molar refractivity (Wildman–Crippen MR) is 82.4 cm³/mol. The molecule has 3 rings (SSSR count). The van der Waals surface area contributed by atoms with E-state index in [4.69, 9.17) is 4.74 Å². The second-order valence-corrected chi connectivity index (χ2v) is 5.78. The number of benzene rings is 1. The molecule has 1 aromatic heterocycles. The van der Waals surface area contributed by atoms with Crippen molar-refractivity contribution >= 4 is 10.9 Å². The Balaban J connectivity index is 1.76. The summed E-state index contributed by atoms with van der Waals surface area (Å²) in [6.45, 7) is 4.16. The monoisotopic (exact) mass is 305 g/mol. The van der Waals surface area contributed by atoms with Crippen molar-refractivity contribution in [2.24, 2.45) is 5.92 Å². The largest absolute Gasteiger partial charge is 0.383 e. The van der Waals surface area contributed by atoms with E-state index < -0.39 is 5.82 Å². The normalized spacial score (nSPS) is 19.1. The van der Waals surface area contributed by atoms with Gasteiger partial charge in [0.25, 0.3) is 5.56 Å². The van der Waals surface area contributed by atoms with Crippen molar-refractivity contribution in [3.63, 3.8) is 0 Å². The van der Waals surface area contributed by atoms with E-state index in [0.29, 0.717) is 18.0 Å². The summed E-state index contributed by atoms with van der Waals surface area (Å²) in [7, 11) is 1.70. The average molecular weight is 305 g/mol. The summed E-state index contributed by atoms with van der Waals surface area (Å²) in [5.74, 6) is -0.113. The molecule has 2 heterocycles. The fourth-order valence-corrected chi connectivity index (χ4v) is 3.05. The highest BCUT2D eigenvalue weighted by Gasteiger charge is 2.23. The molecule has 0 aliphatic carbocycles. The Kier molecular flexibility index (Phi) is 4.49. The SMILES string of the molecule is COCCN1CC[C@H](Cn2cnc3cccc(F)c3c2=O)C1. The summed E-state index contributed by atoms with van der Waals surface area (Å²) in [6, 6.07) is 4.53. The van der Waals surface area contributed by atoms with Gasteiger partial charge in [-0.2, -0.15) is 0 Å². The lowest BCUT2D eigenvalue weighted by Crippen LogP contribution is -2.28. The standard InChI is InChI=1S/C16H20FN3O2/c1-22-8-7-19-6-5-12(9-19)10-20-11-18-14-4-2-3-13(17)15(14)16(20)21/h2-4,11-12H,5-10H2,1H3/t12-/m0/s1. The van der Waals surface area contributed by atoms with Gasteiger partial charge in [-0.15, -0.1) is 0 Å². The van der Waals surface area contributed by atoms with Crippen LogP contribution in [0.25, 0.3) is 10.9 Å². The smallest absolute Gasteiger partial charge is 0.264 e. The number of rotatable bonds is 5. The lowest BCUT2D eigenvalue weighted by atomic mass is 10.1. The van der Waals surface area contributed by atoms with Gasteiger partial charge in [0.15, 0.2) is 0 Å². The number of halogens is 1. The Morgan fingerprint density at radius 3 is 3.14 bits per heavy atom. The average Bonchev–Trinajstić information content (AvgIpc) is 2.95. The Hall–Kier alpha value is -1.79. The van der Waals surface area contributed by atoms with Crippen LogP contribution in [0, 0.1) is 11.7 Å². The van der Waals surface area contributed by atoms with Gasteiger partial charge < -0.3 is 9.64 Å². The minimum absolute atomic E-state index is 0.0826. The zero-order valence-corrected chi connectivity index (χ0v) is 12.7. The Morgan fingerprint density at radius 1 is 1.45 bits per heavy atom. The molecule has 0 unspecified atom stereocenters. The zero-order chi connectivity index (χ0) is 15.5. The molecule has 1 aliphatic rings. The van der Waals surface area contributed by atoms with E-state index in [2.05, 4.69) is 9.88 Å². The zero-order valence-electron chi connectivity index (χ0n) is 12.7. The van der Waals surface area contributed by atoms with Crippen molar-refractivity contribution in [1.29, 1.82) is 0 Å². The maximum absolute atomic E-state index is 13.9. The van der Waals surface area contributed by atoms with Crippen LogP contribution < -0.4 is 5.56 Å². The van der Waals surface area contributed by atoms with E-state index in [0.717, 1.165) is 32.7 Å². The number of fused-ring (bicyclic) bond motifs is 1. The molecular formula is C16H20FN3O2. The summed E-state index contributed by atoms with van der Waals surface area (Å²) >= 11 is 0. The van der Waals surface area contributed by atoms with Crippen LogP contribution in [0.3, 0.4) is 0 Å². The molecule has 1 saturated heterocycles. The first-order valence-electron chi connectivity index (χ1n) is 7.54. The molecule has 0 radical (unpaired) electrons. The number of likely N-dealkylation sites (tertiary alicyclic amines) is 1. The molecule has 118 valence electrons. The Labute approximate surface area is 128 Å². The van der Waals surface area contributed by atoms with Crippen molar-refractivity contribution in [2.75, 3.05) is 33.4 Å². The fourth-order valence-electron chi connectivity index (χ4n) is 3.05. The highest BCUT2D eigenvalue weighted by atomic mass is 19.1. The van der Waals surface area contributed by atoms with Crippen LogP contribution in [0.5, 0.6) is 0 Å². The summed E-state index contributed by atoms with van der Waals surface area (Å²) in [6.07, 6.45) is 2.56. The summed E-state index contributed by atoms with van der Waals surface area (Å²) < 4.78 is 20.5. The molecule has 1 atom stereocenters. The molecule has 5 nitrogen and oxygen atoms in total. The molecule has 22 heavy (non-hydrogen) atoms. The van der Waals surface area contributed by atoms with Gasteiger partial charge in [-0.1, -0.05) is 6.07 Å². The van der Waals surface area contributed by atoms with Gasteiger partial charge in [0, 0.05) is 26.7 Å². The van der Waals surface area contributed by atoms with Crippen molar-refractivity contribution in [3.8, 4) is 0 Å². The predicted octanol–water partition coefficient (Wildman–Crippen LogP) is 1.50. The van der Waals surface area contributed by atoms with E-state index in [-0.39, 0.29) is 10.9 Å². The topological polar surface area (TPSA) is 47.4 Å². The number of hydrogen-bond donors (Lipinski definition) is 0. The van der Waals surface area contributed by atoms with Crippen LogP contribution >= 0.6 is 0 Å². The summed E-state index contributed by atoms with van der Waals surface area (Å²) in [5, 5.41) is 0.0826. The number of aromatic nitrogens is 2. The number of ether oxygens (including phenoxy) is 1. The number of methoxy groups -OCH3 is 1. The first-order valence-corrected chi connectivity index (χ1v) is 7.54. The molecule has 1 aliphatic heterocycles. The van der Waals surface area contributed by atoms with E-state index in [1.807, 2.05) is 0 Å². The highest BCUT2D eigenvalue weighted by molar-refractivity contribution is 5.77. The maximum Gasteiger partial charge on any atom is 0.264 e. The number of nitrogens with zero attached hydrogens (tertiary/aromatic N) is 3.